The molecule has 0 spiro atoms. The molecule has 3 aromatic rings. The Morgan fingerprint density at radius 1 is 1.05 bits per heavy atom. The molecule has 0 aliphatic heterocycles. The number of rotatable bonds is 12. The van der Waals surface area contributed by atoms with Crippen molar-refractivity contribution in [1.82, 2.24) is 4.57 Å². The Morgan fingerprint density at radius 3 is 2.39 bits per heavy atom. The number of amides is 2. The molecule has 0 aliphatic carbocycles. The van der Waals surface area contributed by atoms with E-state index < -0.39 is 45.1 Å². The summed E-state index contributed by atoms with van der Waals surface area (Å²) < 4.78 is 43.1. The van der Waals surface area contributed by atoms with Crippen molar-refractivity contribution in [1.29, 1.82) is 0 Å². The highest BCUT2D eigenvalue weighted by atomic mass is 35.5. The number of carbonyl (C=O) groups excluding carboxylic acids is 4. The van der Waals surface area contributed by atoms with Crippen molar-refractivity contribution in [2.24, 2.45) is 4.99 Å². The molecule has 2 amide bonds. The first-order valence-corrected chi connectivity index (χ1v) is 16.1. The number of halogens is 1. The van der Waals surface area contributed by atoms with Crippen LogP contribution in [0.15, 0.2) is 23.2 Å². The maximum Gasteiger partial charge on any atom is 0.348 e. The van der Waals surface area contributed by atoms with Gasteiger partial charge in [0.25, 0.3) is 5.91 Å². The second-order valence-corrected chi connectivity index (χ2v) is 13.0. The van der Waals surface area contributed by atoms with Gasteiger partial charge in [-0.2, -0.15) is 4.99 Å². The Hall–Kier alpha value is -3.11. The number of anilines is 1. The first kappa shape index (κ1) is 32.4. The summed E-state index contributed by atoms with van der Waals surface area (Å²) in [5.41, 5.74) is 0.892. The molecular formula is C25H28ClN3O9S3. The number of ether oxygens (including phenoxy) is 3. The molecule has 2 heterocycles. The summed E-state index contributed by atoms with van der Waals surface area (Å²) in [6.07, 6.45) is 0. The van der Waals surface area contributed by atoms with Crippen molar-refractivity contribution < 1.29 is 41.8 Å². The second-order valence-electron chi connectivity index (χ2n) is 8.43. The third-order valence-electron chi connectivity index (χ3n) is 5.42. The van der Waals surface area contributed by atoms with Crippen LogP contribution in [0, 0.1) is 6.92 Å². The Bertz CT molecular complexity index is 1660. The number of aromatic nitrogens is 1. The number of hydrogen-bond acceptors (Lipinski definition) is 11. The van der Waals surface area contributed by atoms with E-state index in [4.69, 9.17) is 25.8 Å². The molecule has 0 bridgehead atoms. The van der Waals surface area contributed by atoms with Crippen molar-refractivity contribution in [2.75, 3.05) is 43.8 Å². The fourth-order valence-corrected chi connectivity index (χ4v) is 7.18. The molecule has 1 aromatic carbocycles. The topological polar surface area (TPSA) is 159 Å². The van der Waals surface area contributed by atoms with Crippen molar-refractivity contribution >= 4 is 83.1 Å². The van der Waals surface area contributed by atoms with E-state index in [1.54, 1.807) is 36.6 Å². The summed E-state index contributed by atoms with van der Waals surface area (Å²) in [5, 5.41) is 2.79. The van der Waals surface area contributed by atoms with Gasteiger partial charge < -0.3 is 24.1 Å². The lowest BCUT2D eigenvalue weighted by atomic mass is 10.1. The van der Waals surface area contributed by atoms with E-state index in [1.807, 2.05) is 0 Å². The zero-order valence-corrected chi connectivity index (χ0v) is 25.9. The van der Waals surface area contributed by atoms with E-state index in [0.717, 1.165) is 32.9 Å². The van der Waals surface area contributed by atoms with E-state index in [2.05, 4.69) is 10.3 Å². The lowest BCUT2D eigenvalue weighted by Crippen LogP contribution is -2.28. The minimum atomic E-state index is -4.27. The van der Waals surface area contributed by atoms with Crippen LogP contribution in [0.2, 0.25) is 5.02 Å². The van der Waals surface area contributed by atoms with E-state index in [0.29, 0.717) is 18.2 Å². The highest BCUT2D eigenvalue weighted by molar-refractivity contribution is 7.92. The van der Waals surface area contributed by atoms with Crippen LogP contribution in [0.4, 0.5) is 5.00 Å². The van der Waals surface area contributed by atoms with E-state index in [9.17, 15) is 27.6 Å². The van der Waals surface area contributed by atoms with Gasteiger partial charge in [0, 0.05) is 18.7 Å². The SMILES string of the molecule is CCOC(=O)c1sc(NC(=O)CS(=O)(=O)CC(=O)N=c2sc3cc(Cl)ccc3n2CCOC)c(C(=O)OCC)c1C. The number of methoxy groups -OCH3 is 1. The summed E-state index contributed by atoms with van der Waals surface area (Å²) in [6, 6.07) is 5.16. The molecule has 2 aromatic heterocycles. The van der Waals surface area contributed by atoms with Gasteiger partial charge in [-0.15, -0.1) is 11.3 Å². The van der Waals surface area contributed by atoms with Gasteiger partial charge in [0.2, 0.25) is 5.91 Å². The molecule has 0 saturated carbocycles. The van der Waals surface area contributed by atoms with Crippen LogP contribution in [-0.2, 0) is 40.2 Å². The number of hydrogen-bond donors (Lipinski definition) is 1. The Balaban J connectivity index is 1.82. The molecule has 0 radical (unpaired) electrons. The van der Waals surface area contributed by atoms with Gasteiger partial charge >= 0.3 is 11.9 Å². The number of sulfone groups is 1. The van der Waals surface area contributed by atoms with Crippen LogP contribution >= 0.6 is 34.3 Å². The normalized spacial score (nSPS) is 12.0. The average Bonchev–Trinajstić information content (AvgIpc) is 3.37. The largest absolute Gasteiger partial charge is 0.462 e. The fourth-order valence-electron chi connectivity index (χ4n) is 3.71. The summed E-state index contributed by atoms with van der Waals surface area (Å²) in [7, 11) is -2.74. The summed E-state index contributed by atoms with van der Waals surface area (Å²) in [4.78, 5) is 54.6. The van der Waals surface area contributed by atoms with Crippen molar-refractivity contribution in [2.45, 2.75) is 27.3 Å². The van der Waals surface area contributed by atoms with Gasteiger partial charge in [-0.05, 0) is 44.5 Å². The van der Waals surface area contributed by atoms with Crippen LogP contribution < -0.4 is 10.1 Å². The van der Waals surface area contributed by atoms with Gasteiger partial charge in [0.15, 0.2) is 14.6 Å². The summed E-state index contributed by atoms with van der Waals surface area (Å²) >= 11 is 7.99. The molecule has 1 N–H and O–H groups in total. The monoisotopic (exact) mass is 645 g/mol. The lowest BCUT2D eigenvalue weighted by molar-refractivity contribution is -0.115. The second kappa shape index (κ2) is 14.2. The van der Waals surface area contributed by atoms with Crippen molar-refractivity contribution in [3.05, 3.63) is 44.0 Å². The molecule has 41 heavy (non-hydrogen) atoms. The number of carbonyl (C=O) groups is 4. The maximum atomic E-state index is 12.7. The molecule has 3 rings (SSSR count). The highest BCUT2D eigenvalue weighted by Gasteiger charge is 2.29. The van der Waals surface area contributed by atoms with Crippen LogP contribution in [0.25, 0.3) is 10.2 Å². The smallest absolute Gasteiger partial charge is 0.348 e. The summed E-state index contributed by atoms with van der Waals surface area (Å²) in [5.74, 6) is -5.56. The number of thiophene rings is 1. The van der Waals surface area contributed by atoms with Crippen LogP contribution in [0.1, 0.15) is 39.4 Å². The Labute approximate surface area is 248 Å². The first-order chi connectivity index (χ1) is 19.4. The lowest BCUT2D eigenvalue weighted by Gasteiger charge is -2.07. The first-order valence-electron chi connectivity index (χ1n) is 12.2. The van der Waals surface area contributed by atoms with Crippen LogP contribution in [0.3, 0.4) is 0 Å². The number of benzene rings is 1. The number of thiazole rings is 1. The summed E-state index contributed by atoms with van der Waals surface area (Å²) in [6.45, 7) is 5.50. The Kier molecular flexibility index (Phi) is 11.2. The number of fused-ring (bicyclic) bond motifs is 1. The fraction of sp³-hybridized carbons (Fsp3) is 0.400. The van der Waals surface area contributed by atoms with E-state index in [-0.39, 0.29) is 39.0 Å². The number of esters is 2. The zero-order valence-electron chi connectivity index (χ0n) is 22.6. The third-order valence-corrected chi connectivity index (χ3v) is 9.27. The van der Waals surface area contributed by atoms with Crippen LogP contribution in [0.5, 0.6) is 0 Å². The zero-order chi connectivity index (χ0) is 30.3. The average molecular weight is 646 g/mol. The molecule has 0 saturated heterocycles. The molecular weight excluding hydrogens is 618 g/mol. The van der Waals surface area contributed by atoms with Crippen LogP contribution in [-0.4, -0.2) is 75.2 Å². The van der Waals surface area contributed by atoms with Gasteiger partial charge in [-0.3, -0.25) is 9.59 Å². The molecule has 0 unspecified atom stereocenters. The number of nitrogens with one attached hydrogen (secondary N) is 1. The quantitative estimate of drug-likeness (QED) is 0.292. The minimum absolute atomic E-state index is 0.0363. The molecule has 0 atom stereocenters. The molecule has 0 aliphatic rings. The predicted octanol–water partition coefficient (Wildman–Crippen LogP) is 3.21. The maximum absolute atomic E-state index is 12.7. The molecule has 12 nitrogen and oxygen atoms in total. The molecule has 222 valence electrons. The van der Waals surface area contributed by atoms with Gasteiger partial charge in [0.1, 0.15) is 21.4 Å². The van der Waals surface area contributed by atoms with Crippen molar-refractivity contribution in [3.63, 3.8) is 0 Å². The van der Waals surface area contributed by atoms with Crippen molar-refractivity contribution in [3.8, 4) is 0 Å². The minimum Gasteiger partial charge on any atom is -0.462 e. The van der Waals surface area contributed by atoms with E-state index in [1.165, 1.54) is 14.0 Å². The number of nitrogens with zero attached hydrogens (tertiary/aromatic N) is 2. The Morgan fingerprint density at radius 2 is 1.73 bits per heavy atom. The molecule has 0 fully saturated rings. The highest BCUT2D eigenvalue weighted by Crippen LogP contribution is 2.34. The van der Waals surface area contributed by atoms with E-state index >= 15 is 0 Å². The van der Waals surface area contributed by atoms with Gasteiger partial charge in [0.05, 0.1) is 35.6 Å². The molecule has 16 heteroatoms. The van der Waals surface area contributed by atoms with Gasteiger partial charge in [-0.25, -0.2) is 18.0 Å². The van der Waals surface area contributed by atoms with Gasteiger partial charge in [-0.1, -0.05) is 22.9 Å². The third kappa shape index (κ3) is 8.23. The standard InChI is InChI=1S/C25H28ClN3O9S3/c1-5-37-23(32)20-14(3)21(24(33)38-6-2)40-22(20)27-18(30)12-41(34,35)13-19(31)28-25-29(9-10-36-4)16-8-7-15(26)11-17(16)39-25/h7-8,11H,5-6,9-10,12-13H2,1-4H3,(H,27,30). The predicted molar refractivity (Wildman–Crippen MR) is 156 cm³/mol.